The third-order valence-corrected chi connectivity index (χ3v) is 7.54. The predicted octanol–water partition coefficient (Wildman–Crippen LogP) is 4.11. The van der Waals surface area contributed by atoms with Crippen LogP contribution in [0.1, 0.15) is 20.8 Å². The Balaban J connectivity index is 3.00. The minimum Gasteiger partial charge on any atom is -0.463 e. The number of benzene rings is 1. The first kappa shape index (κ1) is 14.7. The van der Waals surface area contributed by atoms with Gasteiger partial charge in [-0.2, -0.15) is 5.06 Å². The first-order valence-electron chi connectivity index (χ1n) is 5.92. The van der Waals surface area contributed by atoms with E-state index in [2.05, 4.69) is 20.8 Å². The molecule has 0 radical (unpaired) electrons. The number of hydrogen-bond donors (Lipinski definition) is 1. The minimum absolute atomic E-state index is 0.0462. The number of rotatable bonds is 3. The Kier molecular flexibility index (Phi) is 4.19. The molecule has 1 N–H and O–H groups in total. The standard InChI is InChI=1S/C13H21NO3Si/c1-13(2,3)18(4,5)17-14(12(15)16)11-9-7-6-8-10-11/h6-10H,1-5H3,(H,15,16). The molecule has 0 atom stereocenters. The van der Waals surface area contributed by atoms with Crippen LogP contribution in [-0.2, 0) is 4.53 Å². The molecule has 4 nitrogen and oxygen atoms in total. The van der Waals surface area contributed by atoms with Crippen molar-refractivity contribution < 1.29 is 14.4 Å². The lowest BCUT2D eigenvalue weighted by Gasteiger charge is -2.38. The molecule has 1 aromatic rings. The molecular weight excluding hydrogens is 246 g/mol. The van der Waals surface area contributed by atoms with Crippen molar-refractivity contribution in [2.75, 3.05) is 5.06 Å². The van der Waals surface area contributed by atoms with Gasteiger partial charge in [0.1, 0.15) is 0 Å². The molecule has 0 saturated carbocycles. The van der Waals surface area contributed by atoms with Crippen LogP contribution in [0.2, 0.25) is 18.1 Å². The van der Waals surface area contributed by atoms with Crippen molar-refractivity contribution in [2.24, 2.45) is 0 Å². The van der Waals surface area contributed by atoms with E-state index < -0.39 is 14.4 Å². The molecule has 1 rings (SSSR count). The highest BCUT2D eigenvalue weighted by molar-refractivity contribution is 6.74. The molecule has 5 heteroatoms. The maximum atomic E-state index is 11.3. The second-order valence-corrected chi connectivity index (χ2v) is 10.5. The molecule has 0 spiro atoms. The van der Waals surface area contributed by atoms with Gasteiger partial charge in [0.2, 0.25) is 8.32 Å². The van der Waals surface area contributed by atoms with E-state index in [0.717, 1.165) is 5.06 Å². The van der Waals surface area contributed by atoms with E-state index in [-0.39, 0.29) is 5.04 Å². The van der Waals surface area contributed by atoms with Crippen LogP contribution in [-0.4, -0.2) is 19.5 Å². The van der Waals surface area contributed by atoms with Crippen molar-refractivity contribution in [3.05, 3.63) is 30.3 Å². The summed E-state index contributed by atoms with van der Waals surface area (Å²) in [6.45, 7) is 10.3. The lowest BCUT2D eigenvalue weighted by Crippen LogP contribution is -2.48. The summed E-state index contributed by atoms with van der Waals surface area (Å²) >= 11 is 0. The summed E-state index contributed by atoms with van der Waals surface area (Å²) in [5.74, 6) is 0. The maximum Gasteiger partial charge on any atom is 0.435 e. The van der Waals surface area contributed by atoms with Crippen molar-refractivity contribution in [3.63, 3.8) is 0 Å². The second-order valence-electron chi connectivity index (χ2n) is 5.76. The first-order valence-corrected chi connectivity index (χ1v) is 8.83. The Morgan fingerprint density at radius 3 is 2.11 bits per heavy atom. The quantitative estimate of drug-likeness (QED) is 0.662. The monoisotopic (exact) mass is 267 g/mol. The number of carbonyl (C=O) groups is 1. The van der Waals surface area contributed by atoms with E-state index >= 15 is 0 Å². The third kappa shape index (κ3) is 3.33. The summed E-state index contributed by atoms with van der Waals surface area (Å²) in [6, 6.07) is 8.87. The Labute approximate surface area is 109 Å². The van der Waals surface area contributed by atoms with Gasteiger partial charge in [-0.05, 0) is 30.3 Å². The molecule has 0 aliphatic heterocycles. The number of amides is 1. The summed E-state index contributed by atoms with van der Waals surface area (Å²) < 4.78 is 5.82. The van der Waals surface area contributed by atoms with Gasteiger partial charge >= 0.3 is 6.09 Å². The fourth-order valence-electron chi connectivity index (χ4n) is 1.13. The van der Waals surface area contributed by atoms with E-state index in [0.29, 0.717) is 5.69 Å². The Bertz CT molecular complexity index is 412. The second kappa shape index (κ2) is 5.12. The number of hydrogen-bond acceptors (Lipinski definition) is 2. The lowest BCUT2D eigenvalue weighted by atomic mass is 10.2. The van der Waals surface area contributed by atoms with Gasteiger partial charge in [0, 0.05) is 0 Å². The van der Waals surface area contributed by atoms with Crippen molar-refractivity contribution in [1.82, 2.24) is 0 Å². The number of nitrogens with zero attached hydrogens (tertiary/aromatic N) is 1. The van der Waals surface area contributed by atoms with E-state index in [4.69, 9.17) is 4.53 Å². The van der Waals surface area contributed by atoms with E-state index in [1.54, 1.807) is 24.3 Å². The molecule has 1 amide bonds. The average molecular weight is 267 g/mol. The molecule has 0 heterocycles. The van der Waals surface area contributed by atoms with Gasteiger partial charge in [0.15, 0.2) is 0 Å². The summed E-state index contributed by atoms with van der Waals surface area (Å²) in [6.07, 6.45) is -1.09. The predicted molar refractivity (Wildman–Crippen MR) is 75.2 cm³/mol. The van der Waals surface area contributed by atoms with Crippen molar-refractivity contribution in [2.45, 2.75) is 38.9 Å². The van der Waals surface area contributed by atoms with Crippen LogP contribution in [0.5, 0.6) is 0 Å². The summed E-state index contributed by atoms with van der Waals surface area (Å²) in [5, 5.41) is 10.2. The van der Waals surface area contributed by atoms with E-state index in [1.165, 1.54) is 0 Å². The molecule has 100 valence electrons. The van der Waals surface area contributed by atoms with Crippen LogP contribution < -0.4 is 5.06 Å². The van der Waals surface area contributed by atoms with Gasteiger partial charge in [-0.25, -0.2) is 4.79 Å². The number of hydroxylamine groups is 1. The molecule has 18 heavy (non-hydrogen) atoms. The minimum atomic E-state index is -2.17. The molecule has 0 fully saturated rings. The number of anilines is 1. The van der Waals surface area contributed by atoms with Gasteiger partial charge in [0.25, 0.3) is 0 Å². The highest BCUT2D eigenvalue weighted by Gasteiger charge is 2.41. The summed E-state index contributed by atoms with van der Waals surface area (Å²) in [4.78, 5) is 11.3. The molecule has 1 aromatic carbocycles. The van der Waals surface area contributed by atoms with Crippen LogP contribution in [0, 0.1) is 0 Å². The fourth-order valence-corrected chi connectivity index (χ4v) is 2.04. The van der Waals surface area contributed by atoms with Crippen molar-refractivity contribution in [1.29, 1.82) is 0 Å². The molecule has 0 aromatic heterocycles. The van der Waals surface area contributed by atoms with Crippen LogP contribution in [0.25, 0.3) is 0 Å². The SMILES string of the molecule is CC(C)(C)[Si](C)(C)ON(C(=O)O)c1ccccc1. The molecule has 0 aliphatic rings. The van der Waals surface area contributed by atoms with Crippen molar-refractivity contribution >= 4 is 20.1 Å². The van der Waals surface area contributed by atoms with Crippen LogP contribution in [0.4, 0.5) is 10.5 Å². The third-order valence-electron chi connectivity index (χ3n) is 3.29. The molecule has 0 unspecified atom stereocenters. The van der Waals surface area contributed by atoms with Crippen molar-refractivity contribution in [3.8, 4) is 0 Å². The fraction of sp³-hybridized carbons (Fsp3) is 0.462. The van der Waals surface area contributed by atoms with E-state index in [1.807, 2.05) is 19.2 Å². The Hall–Kier alpha value is -1.33. The Morgan fingerprint density at radius 2 is 1.72 bits per heavy atom. The highest BCUT2D eigenvalue weighted by atomic mass is 28.4. The van der Waals surface area contributed by atoms with Gasteiger partial charge in [-0.15, -0.1) is 0 Å². The van der Waals surface area contributed by atoms with Crippen LogP contribution in [0.15, 0.2) is 30.3 Å². The van der Waals surface area contributed by atoms with E-state index in [9.17, 15) is 9.90 Å². The number of para-hydroxylation sites is 1. The zero-order valence-electron chi connectivity index (χ0n) is 11.6. The summed E-state index contributed by atoms with van der Waals surface area (Å²) in [5.41, 5.74) is 0.537. The lowest BCUT2D eigenvalue weighted by molar-refractivity contribution is 0.162. The number of carboxylic acid groups (broad SMARTS) is 1. The van der Waals surface area contributed by atoms with Gasteiger partial charge < -0.3 is 9.63 Å². The smallest absolute Gasteiger partial charge is 0.435 e. The zero-order valence-corrected chi connectivity index (χ0v) is 12.6. The zero-order chi connectivity index (χ0) is 14.0. The van der Waals surface area contributed by atoms with Crippen LogP contribution in [0.3, 0.4) is 0 Å². The average Bonchev–Trinajstić information content (AvgIpc) is 2.25. The topological polar surface area (TPSA) is 49.8 Å². The molecule has 0 aliphatic carbocycles. The largest absolute Gasteiger partial charge is 0.463 e. The highest BCUT2D eigenvalue weighted by Crippen LogP contribution is 2.37. The molecule has 0 saturated heterocycles. The molecule has 0 bridgehead atoms. The normalized spacial score (nSPS) is 12.3. The maximum absolute atomic E-state index is 11.3. The van der Waals surface area contributed by atoms with Gasteiger partial charge in [0.05, 0.1) is 5.69 Å². The first-order chi connectivity index (χ1) is 8.15. The summed E-state index contributed by atoms with van der Waals surface area (Å²) in [7, 11) is -2.17. The van der Waals surface area contributed by atoms with Crippen LogP contribution >= 0.6 is 0 Å². The van der Waals surface area contributed by atoms with Gasteiger partial charge in [-0.3, -0.25) is 0 Å². The van der Waals surface area contributed by atoms with Gasteiger partial charge in [-0.1, -0.05) is 39.0 Å². The Morgan fingerprint density at radius 1 is 1.22 bits per heavy atom. The molecular formula is C13H21NO3Si.